The van der Waals surface area contributed by atoms with E-state index in [1.54, 1.807) is 24.6 Å². The Balaban J connectivity index is 1.55. The van der Waals surface area contributed by atoms with Crippen molar-refractivity contribution in [3.8, 4) is 0 Å². The maximum Gasteiger partial charge on any atom is 0.259 e. The van der Waals surface area contributed by atoms with E-state index in [0.29, 0.717) is 34.0 Å². The topological polar surface area (TPSA) is 67.2 Å². The Kier molecular flexibility index (Phi) is 7.26. The number of halogens is 3. The van der Waals surface area contributed by atoms with E-state index in [1.807, 2.05) is 36.4 Å². The minimum Gasteiger partial charge on any atom is -0.364 e. The van der Waals surface area contributed by atoms with Gasteiger partial charge in [-0.1, -0.05) is 40.9 Å². The summed E-state index contributed by atoms with van der Waals surface area (Å²) >= 11 is 18.8. The predicted octanol–water partition coefficient (Wildman–Crippen LogP) is 5.62. The van der Waals surface area contributed by atoms with Crippen LogP contribution in [0.1, 0.15) is 30.3 Å². The van der Waals surface area contributed by atoms with Crippen molar-refractivity contribution in [2.45, 2.75) is 30.8 Å². The van der Waals surface area contributed by atoms with Gasteiger partial charge in [0.25, 0.3) is 10.0 Å². The lowest BCUT2D eigenvalue weighted by molar-refractivity contribution is 0.358. The molecular weight excluding hydrogens is 503 g/mol. The molecule has 1 N–H and O–H groups in total. The first-order valence-electron chi connectivity index (χ1n) is 10.6. The third-order valence-corrected chi connectivity index (χ3v) is 8.19. The molecule has 0 amide bonds. The molecule has 0 bridgehead atoms. The number of nitrogens with zero attached hydrogens (tertiary/aromatic N) is 3. The van der Waals surface area contributed by atoms with Gasteiger partial charge in [-0.25, -0.2) is 18.1 Å². The number of sulfonamides is 1. The average molecular weight is 528 g/mol. The van der Waals surface area contributed by atoms with Crippen LogP contribution in [0.3, 0.4) is 0 Å². The Morgan fingerprint density at radius 2 is 1.76 bits per heavy atom. The minimum atomic E-state index is -3.68. The molecule has 1 aliphatic rings. The fraction of sp³-hybridized carbons (Fsp3) is 0.348. The van der Waals surface area contributed by atoms with Gasteiger partial charge in [0.1, 0.15) is 5.82 Å². The van der Waals surface area contributed by atoms with E-state index >= 15 is 0 Å². The highest BCUT2D eigenvalue weighted by molar-refractivity contribution is 7.89. The van der Waals surface area contributed by atoms with Gasteiger partial charge < -0.3 is 9.47 Å². The number of benzene rings is 2. The molecule has 10 heteroatoms. The Morgan fingerprint density at radius 3 is 2.39 bits per heavy atom. The van der Waals surface area contributed by atoms with Crippen LogP contribution in [0.15, 0.2) is 53.7 Å². The fourth-order valence-electron chi connectivity index (χ4n) is 4.18. The monoisotopic (exact) mass is 526 g/mol. The fourth-order valence-corrected chi connectivity index (χ4v) is 6.00. The van der Waals surface area contributed by atoms with Crippen LogP contribution in [0.2, 0.25) is 15.1 Å². The minimum absolute atomic E-state index is 0.0405. The Bertz CT molecular complexity index is 1230. The third-order valence-electron chi connectivity index (χ3n) is 6.08. The van der Waals surface area contributed by atoms with Crippen LogP contribution in [0.5, 0.6) is 0 Å². The van der Waals surface area contributed by atoms with Crippen molar-refractivity contribution >= 4 is 50.5 Å². The van der Waals surface area contributed by atoms with Crippen LogP contribution in [0.4, 0.5) is 5.69 Å². The first-order chi connectivity index (χ1) is 15.6. The highest BCUT2D eigenvalue weighted by Crippen LogP contribution is 2.40. The largest absolute Gasteiger partial charge is 0.364 e. The SMILES string of the molecule is Cc1nc(S(=O)(=O)NC[C@@H]2CC[C@@H](c3ccc(Cl)cc3Cl)N(c3ccc(Cl)cc3)C2)cn1C. The summed E-state index contributed by atoms with van der Waals surface area (Å²) in [6, 6.07) is 13.3. The summed E-state index contributed by atoms with van der Waals surface area (Å²) in [4.78, 5) is 6.41. The molecular formula is C23H25Cl3N4O2S. The smallest absolute Gasteiger partial charge is 0.259 e. The average Bonchev–Trinajstić information content (AvgIpc) is 3.12. The van der Waals surface area contributed by atoms with E-state index in [4.69, 9.17) is 34.8 Å². The van der Waals surface area contributed by atoms with Gasteiger partial charge in [0, 0.05) is 47.1 Å². The zero-order valence-electron chi connectivity index (χ0n) is 18.3. The zero-order chi connectivity index (χ0) is 23.8. The molecule has 0 aliphatic carbocycles. The molecule has 2 atom stereocenters. The second-order valence-electron chi connectivity index (χ2n) is 8.34. The van der Waals surface area contributed by atoms with Gasteiger partial charge in [0.05, 0.1) is 6.04 Å². The summed E-state index contributed by atoms with van der Waals surface area (Å²) in [5, 5.41) is 1.91. The molecule has 33 heavy (non-hydrogen) atoms. The van der Waals surface area contributed by atoms with Gasteiger partial charge in [-0.2, -0.15) is 0 Å². The summed E-state index contributed by atoms with van der Waals surface area (Å²) in [5.41, 5.74) is 2.00. The molecule has 2 heterocycles. The lowest BCUT2D eigenvalue weighted by Crippen LogP contribution is -2.42. The van der Waals surface area contributed by atoms with Crippen molar-refractivity contribution in [1.82, 2.24) is 14.3 Å². The van der Waals surface area contributed by atoms with E-state index in [9.17, 15) is 8.42 Å². The maximum atomic E-state index is 12.7. The molecule has 0 radical (unpaired) electrons. The number of piperidine rings is 1. The van der Waals surface area contributed by atoms with Gasteiger partial charge in [0.15, 0.2) is 5.03 Å². The first kappa shape index (κ1) is 24.4. The maximum absolute atomic E-state index is 12.7. The van der Waals surface area contributed by atoms with E-state index in [0.717, 1.165) is 24.1 Å². The summed E-state index contributed by atoms with van der Waals surface area (Å²) in [5.74, 6) is 0.757. The van der Waals surface area contributed by atoms with Crippen LogP contribution in [-0.2, 0) is 17.1 Å². The number of nitrogens with one attached hydrogen (secondary N) is 1. The van der Waals surface area contributed by atoms with Crippen molar-refractivity contribution < 1.29 is 8.42 Å². The first-order valence-corrected chi connectivity index (χ1v) is 13.2. The Morgan fingerprint density at radius 1 is 1.06 bits per heavy atom. The zero-order valence-corrected chi connectivity index (χ0v) is 21.4. The van der Waals surface area contributed by atoms with E-state index in [2.05, 4.69) is 14.6 Å². The van der Waals surface area contributed by atoms with Crippen LogP contribution < -0.4 is 9.62 Å². The van der Waals surface area contributed by atoms with Crippen LogP contribution in [0, 0.1) is 12.8 Å². The van der Waals surface area contributed by atoms with Crippen molar-refractivity contribution in [2.24, 2.45) is 13.0 Å². The normalized spacial score (nSPS) is 19.1. The second-order valence-corrected chi connectivity index (χ2v) is 11.3. The standard InChI is InChI=1S/C23H25Cl3N4O2S/c1-15-28-23(14-29(15)2)33(31,32)27-12-16-3-10-22(20-9-6-18(25)11-21(20)26)30(13-16)19-7-4-17(24)5-8-19/h4-9,11,14,16,22,27H,3,10,12-13H2,1-2H3/t16-,22-/m0/s1. The van der Waals surface area contributed by atoms with Gasteiger partial charge >= 0.3 is 0 Å². The molecule has 176 valence electrons. The molecule has 1 aromatic heterocycles. The molecule has 4 rings (SSSR count). The molecule has 0 unspecified atom stereocenters. The molecule has 2 aromatic carbocycles. The van der Waals surface area contributed by atoms with Crippen molar-refractivity contribution in [1.29, 1.82) is 0 Å². The quantitative estimate of drug-likeness (QED) is 0.451. The van der Waals surface area contributed by atoms with Crippen molar-refractivity contribution in [2.75, 3.05) is 18.0 Å². The summed E-state index contributed by atoms with van der Waals surface area (Å²) in [6.07, 6.45) is 3.19. The molecule has 1 aliphatic heterocycles. The number of aromatic nitrogens is 2. The molecule has 0 saturated carbocycles. The van der Waals surface area contributed by atoms with Gasteiger partial charge in [-0.15, -0.1) is 0 Å². The number of aryl methyl sites for hydroxylation is 2. The summed E-state index contributed by atoms with van der Waals surface area (Å²) in [7, 11) is -1.91. The highest BCUT2D eigenvalue weighted by atomic mass is 35.5. The van der Waals surface area contributed by atoms with E-state index in [1.165, 1.54) is 6.20 Å². The lowest BCUT2D eigenvalue weighted by Gasteiger charge is -2.42. The van der Waals surface area contributed by atoms with E-state index in [-0.39, 0.29) is 17.0 Å². The van der Waals surface area contributed by atoms with Gasteiger partial charge in [0.2, 0.25) is 0 Å². The molecule has 3 aromatic rings. The Hall–Kier alpha value is -1.77. The molecule has 1 saturated heterocycles. The van der Waals surface area contributed by atoms with Crippen LogP contribution in [-0.4, -0.2) is 31.1 Å². The van der Waals surface area contributed by atoms with Gasteiger partial charge in [-0.05, 0) is 67.6 Å². The summed E-state index contributed by atoms with van der Waals surface area (Å²) < 4.78 is 29.9. The Labute approximate surface area is 209 Å². The second kappa shape index (κ2) is 9.84. The number of imidazole rings is 1. The number of hydrogen-bond acceptors (Lipinski definition) is 4. The molecule has 0 spiro atoms. The number of rotatable bonds is 6. The third kappa shape index (κ3) is 5.49. The molecule has 1 fully saturated rings. The van der Waals surface area contributed by atoms with E-state index < -0.39 is 10.0 Å². The number of anilines is 1. The van der Waals surface area contributed by atoms with Crippen LogP contribution in [0.25, 0.3) is 0 Å². The summed E-state index contributed by atoms with van der Waals surface area (Å²) in [6.45, 7) is 2.75. The van der Waals surface area contributed by atoms with Crippen LogP contribution >= 0.6 is 34.8 Å². The van der Waals surface area contributed by atoms with Crippen molar-refractivity contribution in [3.05, 3.63) is 75.1 Å². The van der Waals surface area contributed by atoms with Gasteiger partial charge in [-0.3, -0.25) is 0 Å². The highest BCUT2D eigenvalue weighted by Gasteiger charge is 2.32. The van der Waals surface area contributed by atoms with Crippen molar-refractivity contribution in [3.63, 3.8) is 0 Å². The number of hydrogen-bond donors (Lipinski definition) is 1. The predicted molar refractivity (Wildman–Crippen MR) is 134 cm³/mol. The lowest BCUT2D eigenvalue weighted by atomic mass is 9.88. The molecule has 6 nitrogen and oxygen atoms in total.